The summed E-state index contributed by atoms with van der Waals surface area (Å²) in [6, 6.07) is 4.85. The largest absolute Gasteiger partial charge is 0.270 e. The highest BCUT2D eigenvalue weighted by molar-refractivity contribution is 7.93. The molecule has 8 nitrogen and oxygen atoms in total. The van der Waals surface area contributed by atoms with E-state index in [4.69, 9.17) is 0 Å². The lowest BCUT2D eigenvalue weighted by Gasteiger charge is -2.04. The molecule has 2 rings (SSSR count). The number of aromatic nitrogens is 2. The number of unbranched alkanes of at least 4 members (excludes halogenated alkanes) is 2. The van der Waals surface area contributed by atoms with Crippen molar-refractivity contribution in [2.45, 2.75) is 37.5 Å². The first-order valence-corrected chi connectivity index (χ1v) is 9.32. The summed E-state index contributed by atoms with van der Waals surface area (Å²) in [7, 11) is -3.93. The molecule has 1 aromatic heterocycles. The van der Waals surface area contributed by atoms with Crippen molar-refractivity contribution in [2.75, 3.05) is 4.72 Å². The Hall–Kier alpha value is -2.07. The van der Waals surface area contributed by atoms with Crippen molar-refractivity contribution in [3.63, 3.8) is 0 Å². The van der Waals surface area contributed by atoms with Crippen molar-refractivity contribution in [1.82, 2.24) is 10.2 Å². The molecule has 1 N–H and O–H groups in total. The van der Waals surface area contributed by atoms with Gasteiger partial charge in [-0.2, -0.15) is 0 Å². The van der Waals surface area contributed by atoms with Crippen molar-refractivity contribution < 1.29 is 13.3 Å². The van der Waals surface area contributed by atoms with Crippen LogP contribution in [-0.4, -0.2) is 23.5 Å². The number of hydrogen-bond acceptors (Lipinski definition) is 7. The van der Waals surface area contributed by atoms with E-state index in [-0.39, 0.29) is 15.7 Å². The summed E-state index contributed by atoms with van der Waals surface area (Å²) in [5.41, 5.74) is -0.287. The third kappa shape index (κ3) is 4.70. The summed E-state index contributed by atoms with van der Waals surface area (Å²) in [5, 5.41) is 19.4. The van der Waals surface area contributed by atoms with E-state index in [1.807, 2.05) is 0 Å². The highest BCUT2D eigenvalue weighted by Gasteiger charge is 2.19. The molecule has 2 aromatic rings. The fourth-order valence-corrected chi connectivity index (χ4v) is 3.91. The van der Waals surface area contributed by atoms with Gasteiger partial charge in [0.15, 0.2) is 0 Å². The van der Waals surface area contributed by atoms with Gasteiger partial charge in [-0.15, -0.1) is 10.2 Å². The Bertz CT molecular complexity index is 789. The molecule has 1 aromatic carbocycles. The zero-order valence-corrected chi connectivity index (χ0v) is 14.1. The number of nitrogens with one attached hydrogen (secondary N) is 1. The number of nitro groups is 1. The highest BCUT2D eigenvalue weighted by Crippen LogP contribution is 2.23. The van der Waals surface area contributed by atoms with Crippen LogP contribution in [0.25, 0.3) is 0 Å². The fraction of sp³-hybridized carbons (Fsp3) is 0.385. The lowest BCUT2D eigenvalue weighted by molar-refractivity contribution is -0.385. The molecule has 10 heteroatoms. The normalized spacial score (nSPS) is 11.3. The summed E-state index contributed by atoms with van der Waals surface area (Å²) in [5.74, 6) is 0. The average molecular weight is 356 g/mol. The van der Waals surface area contributed by atoms with E-state index < -0.39 is 14.9 Å². The maximum atomic E-state index is 12.3. The van der Waals surface area contributed by atoms with Gasteiger partial charge in [0.25, 0.3) is 15.7 Å². The number of benzene rings is 1. The van der Waals surface area contributed by atoms with Crippen LogP contribution in [0.5, 0.6) is 0 Å². The SMILES string of the molecule is CCCCCc1nnc(NS(=O)(=O)c2cccc([N+](=O)[O-])c2)s1. The van der Waals surface area contributed by atoms with Crippen LogP contribution < -0.4 is 4.72 Å². The van der Waals surface area contributed by atoms with Crippen LogP contribution in [0.2, 0.25) is 0 Å². The predicted octanol–water partition coefficient (Wildman–Crippen LogP) is 2.98. The molecule has 0 unspecified atom stereocenters. The predicted molar refractivity (Wildman–Crippen MR) is 87.0 cm³/mol. The molecule has 0 saturated carbocycles. The van der Waals surface area contributed by atoms with Gasteiger partial charge in [0.1, 0.15) is 5.01 Å². The second-order valence-electron chi connectivity index (χ2n) is 4.82. The smallest absolute Gasteiger partial charge is 0.258 e. The van der Waals surface area contributed by atoms with Crippen LogP contribution in [0.1, 0.15) is 31.2 Å². The summed E-state index contributed by atoms with van der Waals surface area (Å²) in [6.45, 7) is 2.10. The highest BCUT2D eigenvalue weighted by atomic mass is 32.2. The van der Waals surface area contributed by atoms with Crippen molar-refractivity contribution in [3.8, 4) is 0 Å². The van der Waals surface area contributed by atoms with Gasteiger partial charge in [0, 0.05) is 18.6 Å². The Balaban J connectivity index is 2.12. The molecule has 0 aliphatic rings. The molecule has 0 aliphatic carbocycles. The minimum atomic E-state index is -3.93. The molecule has 23 heavy (non-hydrogen) atoms. The monoisotopic (exact) mass is 356 g/mol. The number of non-ortho nitro benzene ring substituents is 1. The number of hydrogen-bond donors (Lipinski definition) is 1. The minimum Gasteiger partial charge on any atom is -0.258 e. The molecule has 0 amide bonds. The van der Waals surface area contributed by atoms with Crippen LogP contribution >= 0.6 is 11.3 Å². The minimum absolute atomic E-state index is 0.156. The number of sulfonamides is 1. The number of nitrogens with zero attached hydrogens (tertiary/aromatic N) is 3. The third-order valence-corrected chi connectivity index (χ3v) is 5.39. The number of anilines is 1. The van der Waals surface area contributed by atoms with E-state index in [1.54, 1.807) is 0 Å². The maximum Gasteiger partial charge on any atom is 0.270 e. The maximum absolute atomic E-state index is 12.3. The Morgan fingerprint density at radius 3 is 2.78 bits per heavy atom. The van der Waals surface area contributed by atoms with Crippen molar-refractivity contribution >= 4 is 32.2 Å². The first kappa shape index (κ1) is 17.3. The quantitative estimate of drug-likeness (QED) is 0.442. The second-order valence-corrected chi connectivity index (χ2v) is 7.56. The van der Waals surface area contributed by atoms with Gasteiger partial charge in [0.2, 0.25) is 5.13 Å². The molecule has 0 saturated heterocycles. The van der Waals surface area contributed by atoms with E-state index in [0.717, 1.165) is 36.8 Å². The van der Waals surface area contributed by atoms with Crippen LogP contribution in [0, 0.1) is 10.1 Å². The molecular weight excluding hydrogens is 340 g/mol. The van der Waals surface area contributed by atoms with Crippen molar-refractivity contribution in [2.24, 2.45) is 0 Å². The zero-order valence-electron chi connectivity index (χ0n) is 12.4. The van der Waals surface area contributed by atoms with Crippen LogP contribution in [0.15, 0.2) is 29.2 Å². The average Bonchev–Trinajstić information content (AvgIpc) is 2.94. The lowest BCUT2D eigenvalue weighted by Crippen LogP contribution is -2.13. The fourth-order valence-electron chi connectivity index (χ4n) is 1.86. The standard InChI is InChI=1S/C13H16N4O4S2/c1-2-3-4-8-12-14-15-13(22-12)16-23(20,21)11-7-5-6-10(9-11)17(18)19/h5-7,9H,2-4,8H2,1H3,(H,15,16). The molecule has 0 aliphatic heterocycles. The Labute approximate surface area is 137 Å². The third-order valence-electron chi connectivity index (χ3n) is 3.02. The van der Waals surface area contributed by atoms with E-state index in [0.29, 0.717) is 0 Å². The first-order chi connectivity index (χ1) is 10.9. The van der Waals surface area contributed by atoms with Crippen molar-refractivity contribution in [3.05, 3.63) is 39.4 Å². The van der Waals surface area contributed by atoms with Gasteiger partial charge in [0.05, 0.1) is 9.82 Å². The van der Waals surface area contributed by atoms with Crippen LogP contribution in [-0.2, 0) is 16.4 Å². The number of nitro benzene ring substituents is 1. The van der Waals surface area contributed by atoms with E-state index in [2.05, 4.69) is 21.8 Å². The molecular formula is C13H16N4O4S2. The molecule has 0 spiro atoms. The van der Waals surface area contributed by atoms with Crippen LogP contribution in [0.4, 0.5) is 10.8 Å². The van der Waals surface area contributed by atoms with Gasteiger partial charge < -0.3 is 0 Å². The summed E-state index contributed by atoms with van der Waals surface area (Å²) < 4.78 is 26.8. The number of rotatable bonds is 8. The van der Waals surface area contributed by atoms with Gasteiger partial charge in [-0.3, -0.25) is 14.8 Å². The Morgan fingerprint density at radius 2 is 2.09 bits per heavy atom. The zero-order chi connectivity index (χ0) is 16.9. The van der Waals surface area contributed by atoms with E-state index >= 15 is 0 Å². The first-order valence-electron chi connectivity index (χ1n) is 7.02. The molecule has 0 atom stereocenters. The molecule has 1 heterocycles. The summed E-state index contributed by atoms with van der Waals surface area (Å²) >= 11 is 1.17. The van der Waals surface area contributed by atoms with Crippen LogP contribution in [0.3, 0.4) is 0 Å². The van der Waals surface area contributed by atoms with Gasteiger partial charge in [-0.1, -0.05) is 37.2 Å². The van der Waals surface area contributed by atoms with E-state index in [1.165, 1.54) is 29.5 Å². The van der Waals surface area contributed by atoms with Gasteiger partial charge in [-0.05, 0) is 12.5 Å². The Morgan fingerprint density at radius 1 is 1.30 bits per heavy atom. The molecule has 0 bridgehead atoms. The molecule has 124 valence electrons. The lowest BCUT2D eigenvalue weighted by atomic mass is 10.2. The van der Waals surface area contributed by atoms with E-state index in [9.17, 15) is 18.5 Å². The topological polar surface area (TPSA) is 115 Å². The van der Waals surface area contributed by atoms with Gasteiger partial charge >= 0.3 is 0 Å². The molecule has 0 radical (unpaired) electrons. The summed E-state index contributed by atoms with van der Waals surface area (Å²) in [6.07, 6.45) is 3.90. The van der Waals surface area contributed by atoms with Crippen molar-refractivity contribution in [1.29, 1.82) is 0 Å². The molecule has 0 fully saturated rings. The number of aryl methyl sites for hydroxylation is 1. The summed E-state index contributed by atoms with van der Waals surface area (Å²) in [4.78, 5) is 9.91. The second kappa shape index (κ2) is 7.47. The van der Waals surface area contributed by atoms with Gasteiger partial charge in [-0.25, -0.2) is 8.42 Å². The Kier molecular flexibility index (Phi) is 5.61.